The van der Waals surface area contributed by atoms with Gasteiger partial charge in [0.25, 0.3) is 0 Å². The SMILES string of the molecule is Cc1ccccc1CS(=O)(=O)NCCN1CCOc2ccccc21. The van der Waals surface area contributed by atoms with Gasteiger partial charge in [-0.25, -0.2) is 13.1 Å². The molecule has 0 saturated heterocycles. The van der Waals surface area contributed by atoms with Gasteiger partial charge in [0.15, 0.2) is 0 Å². The Kier molecular flexibility index (Phi) is 5.06. The fourth-order valence-electron chi connectivity index (χ4n) is 2.82. The van der Waals surface area contributed by atoms with Gasteiger partial charge in [-0.15, -0.1) is 0 Å². The molecule has 3 rings (SSSR count). The first kappa shape index (κ1) is 16.8. The zero-order chi connectivity index (χ0) is 17.0. The van der Waals surface area contributed by atoms with E-state index in [1.807, 2.05) is 55.5 Å². The minimum Gasteiger partial charge on any atom is -0.490 e. The van der Waals surface area contributed by atoms with Crippen molar-refractivity contribution in [1.82, 2.24) is 4.72 Å². The average Bonchev–Trinajstić information content (AvgIpc) is 2.57. The van der Waals surface area contributed by atoms with Crippen molar-refractivity contribution in [2.45, 2.75) is 12.7 Å². The molecule has 5 nitrogen and oxygen atoms in total. The van der Waals surface area contributed by atoms with Gasteiger partial charge in [-0.3, -0.25) is 0 Å². The number of hydrogen-bond donors (Lipinski definition) is 1. The Morgan fingerprint density at radius 2 is 1.88 bits per heavy atom. The standard InChI is InChI=1S/C18H22N2O3S/c1-15-6-2-3-7-16(15)14-24(21,22)19-10-11-20-12-13-23-18-9-5-4-8-17(18)20/h2-9,19H,10-14H2,1H3. The number of nitrogens with zero attached hydrogens (tertiary/aromatic N) is 1. The fourth-order valence-corrected chi connectivity index (χ4v) is 4.06. The van der Waals surface area contributed by atoms with Crippen molar-refractivity contribution in [3.8, 4) is 5.75 Å². The first-order chi connectivity index (χ1) is 11.6. The normalized spacial score (nSPS) is 14.1. The number of sulfonamides is 1. The van der Waals surface area contributed by atoms with Crippen molar-refractivity contribution < 1.29 is 13.2 Å². The molecular weight excluding hydrogens is 324 g/mol. The summed E-state index contributed by atoms with van der Waals surface area (Å²) in [5, 5.41) is 0. The molecule has 0 bridgehead atoms. The highest BCUT2D eigenvalue weighted by molar-refractivity contribution is 7.88. The van der Waals surface area contributed by atoms with E-state index in [2.05, 4.69) is 9.62 Å². The van der Waals surface area contributed by atoms with Crippen LogP contribution in [0.3, 0.4) is 0 Å². The predicted octanol–water partition coefficient (Wildman–Crippen LogP) is 2.31. The summed E-state index contributed by atoms with van der Waals surface area (Å²) in [4.78, 5) is 2.15. The van der Waals surface area contributed by atoms with Crippen molar-refractivity contribution in [1.29, 1.82) is 0 Å². The molecule has 1 aliphatic rings. The molecule has 0 radical (unpaired) electrons. The van der Waals surface area contributed by atoms with Gasteiger partial charge in [-0.05, 0) is 30.2 Å². The molecule has 0 fully saturated rings. The second kappa shape index (κ2) is 7.23. The van der Waals surface area contributed by atoms with E-state index in [-0.39, 0.29) is 5.75 Å². The molecule has 1 aliphatic heterocycles. The van der Waals surface area contributed by atoms with Crippen LogP contribution in [0, 0.1) is 6.92 Å². The van der Waals surface area contributed by atoms with Gasteiger partial charge in [0.05, 0.1) is 18.0 Å². The average molecular weight is 346 g/mol. The van der Waals surface area contributed by atoms with E-state index in [1.165, 1.54) is 0 Å². The van der Waals surface area contributed by atoms with Crippen molar-refractivity contribution in [2.24, 2.45) is 0 Å². The quantitative estimate of drug-likeness (QED) is 0.872. The van der Waals surface area contributed by atoms with Crippen molar-refractivity contribution in [3.63, 3.8) is 0 Å². The maximum absolute atomic E-state index is 12.3. The third-order valence-electron chi connectivity index (χ3n) is 4.14. The van der Waals surface area contributed by atoms with Gasteiger partial charge in [0, 0.05) is 13.1 Å². The minimum atomic E-state index is -3.34. The third kappa shape index (κ3) is 4.07. The van der Waals surface area contributed by atoms with E-state index >= 15 is 0 Å². The number of para-hydroxylation sites is 2. The molecule has 2 aromatic rings. The number of anilines is 1. The van der Waals surface area contributed by atoms with Crippen LogP contribution < -0.4 is 14.4 Å². The van der Waals surface area contributed by atoms with Gasteiger partial charge in [-0.1, -0.05) is 36.4 Å². The molecule has 0 aromatic heterocycles. The van der Waals surface area contributed by atoms with E-state index in [0.717, 1.165) is 29.1 Å². The van der Waals surface area contributed by atoms with Crippen LogP contribution in [0.5, 0.6) is 5.75 Å². The lowest BCUT2D eigenvalue weighted by Crippen LogP contribution is -2.39. The van der Waals surface area contributed by atoms with E-state index in [9.17, 15) is 8.42 Å². The fraction of sp³-hybridized carbons (Fsp3) is 0.333. The summed E-state index contributed by atoms with van der Waals surface area (Å²) >= 11 is 0. The lowest BCUT2D eigenvalue weighted by molar-refractivity contribution is 0.308. The van der Waals surface area contributed by atoms with Crippen LogP contribution in [0.4, 0.5) is 5.69 Å². The Morgan fingerprint density at radius 3 is 2.71 bits per heavy atom. The summed E-state index contributed by atoms with van der Waals surface area (Å²) in [5.41, 5.74) is 2.84. The van der Waals surface area contributed by atoms with Crippen LogP contribution in [0.2, 0.25) is 0 Å². The summed E-state index contributed by atoms with van der Waals surface area (Å²) in [6.45, 7) is 4.30. The summed E-state index contributed by atoms with van der Waals surface area (Å²) in [5.74, 6) is 0.867. The number of ether oxygens (including phenoxy) is 1. The van der Waals surface area contributed by atoms with Gasteiger partial charge >= 0.3 is 0 Å². The molecular formula is C18H22N2O3S. The number of aryl methyl sites for hydroxylation is 1. The highest BCUT2D eigenvalue weighted by Crippen LogP contribution is 2.30. The first-order valence-electron chi connectivity index (χ1n) is 8.04. The Labute approximate surface area is 143 Å². The molecule has 2 aromatic carbocycles. The number of hydrogen-bond acceptors (Lipinski definition) is 4. The predicted molar refractivity (Wildman–Crippen MR) is 96.0 cm³/mol. The summed E-state index contributed by atoms with van der Waals surface area (Å²) < 4.78 is 32.9. The summed E-state index contributed by atoms with van der Waals surface area (Å²) in [6, 6.07) is 15.4. The van der Waals surface area contributed by atoms with Crippen LogP contribution >= 0.6 is 0 Å². The topological polar surface area (TPSA) is 58.6 Å². The Hall–Kier alpha value is -2.05. The third-order valence-corrected chi connectivity index (χ3v) is 5.47. The van der Waals surface area contributed by atoms with Crippen LogP contribution in [0.15, 0.2) is 48.5 Å². The van der Waals surface area contributed by atoms with Crippen molar-refractivity contribution in [2.75, 3.05) is 31.1 Å². The first-order valence-corrected chi connectivity index (χ1v) is 9.69. The van der Waals surface area contributed by atoms with Crippen molar-refractivity contribution >= 4 is 15.7 Å². The van der Waals surface area contributed by atoms with Crippen LogP contribution in [-0.4, -0.2) is 34.7 Å². The maximum atomic E-state index is 12.3. The number of fused-ring (bicyclic) bond motifs is 1. The Morgan fingerprint density at radius 1 is 1.12 bits per heavy atom. The molecule has 0 saturated carbocycles. The molecule has 128 valence electrons. The molecule has 1 N–H and O–H groups in total. The molecule has 0 atom stereocenters. The number of benzene rings is 2. The van der Waals surface area contributed by atoms with E-state index < -0.39 is 10.0 Å². The van der Waals surface area contributed by atoms with Crippen LogP contribution in [0.25, 0.3) is 0 Å². The second-order valence-corrected chi connectivity index (χ2v) is 7.69. The zero-order valence-corrected chi connectivity index (χ0v) is 14.6. The molecule has 24 heavy (non-hydrogen) atoms. The smallest absolute Gasteiger partial charge is 0.215 e. The van der Waals surface area contributed by atoms with Gasteiger partial charge in [0.2, 0.25) is 10.0 Å². The largest absolute Gasteiger partial charge is 0.490 e. The van der Waals surface area contributed by atoms with E-state index in [1.54, 1.807) is 0 Å². The van der Waals surface area contributed by atoms with Gasteiger partial charge in [-0.2, -0.15) is 0 Å². The second-order valence-electron chi connectivity index (χ2n) is 5.88. The summed E-state index contributed by atoms with van der Waals surface area (Å²) in [6.07, 6.45) is 0. The molecule has 6 heteroatoms. The highest BCUT2D eigenvalue weighted by atomic mass is 32.2. The van der Waals surface area contributed by atoms with E-state index in [0.29, 0.717) is 19.7 Å². The Balaban J connectivity index is 1.58. The Bertz CT molecular complexity index is 805. The molecule has 0 unspecified atom stereocenters. The molecule has 1 heterocycles. The van der Waals surface area contributed by atoms with Gasteiger partial charge < -0.3 is 9.64 Å². The highest BCUT2D eigenvalue weighted by Gasteiger charge is 2.18. The lowest BCUT2D eigenvalue weighted by Gasteiger charge is -2.31. The number of rotatable bonds is 6. The lowest BCUT2D eigenvalue weighted by atomic mass is 10.1. The van der Waals surface area contributed by atoms with Gasteiger partial charge in [0.1, 0.15) is 12.4 Å². The zero-order valence-electron chi connectivity index (χ0n) is 13.7. The van der Waals surface area contributed by atoms with Crippen LogP contribution in [0.1, 0.15) is 11.1 Å². The maximum Gasteiger partial charge on any atom is 0.215 e. The van der Waals surface area contributed by atoms with E-state index in [4.69, 9.17) is 4.74 Å². The minimum absolute atomic E-state index is 0.0133. The van der Waals surface area contributed by atoms with Crippen LogP contribution in [-0.2, 0) is 15.8 Å². The number of nitrogens with one attached hydrogen (secondary N) is 1. The van der Waals surface area contributed by atoms with Crippen molar-refractivity contribution in [3.05, 3.63) is 59.7 Å². The molecule has 0 amide bonds. The molecule has 0 spiro atoms. The molecule has 0 aliphatic carbocycles. The summed E-state index contributed by atoms with van der Waals surface area (Å²) in [7, 11) is -3.34. The monoisotopic (exact) mass is 346 g/mol.